The van der Waals surface area contributed by atoms with Gasteiger partial charge in [-0.3, -0.25) is 56.3 Å². The molecule has 0 aliphatic carbocycles. The van der Waals surface area contributed by atoms with Gasteiger partial charge in [0.05, 0.1) is 8.22 Å². The zero-order valence-electron chi connectivity index (χ0n) is 55.1. The fourth-order valence-electron chi connectivity index (χ4n) is 7.58. The van der Waals surface area contributed by atoms with Gasteiger partial charge in [0.15, 0.2) is 24.9 Å². The number of nitrogens with one attached hydrogen (secondary N) is 4. The number of aromatic nitrogens is 8. The van der Waals surface area contributed by atoms with Crippen LogP contribution in [0.3, 0.4) is 0 Å². The van der Waals surface area contributed by atoms with E-state index < -0.39 is 209 Å². The molecule has 104 heavy (non-hydrogen) atoms. The topological polar surface area (TPSA) is 803 Å². The first-order valence-corrected chi connectivity index (χ1v) is 39.2. The second-order valence-corrected chi connectivity index (χ2v) is 32.4. The zero-order chi connectivity index (χ0) is 85.1. The SMILES string of the molecule is O=c1[nH]c(=S)ccn1[C@@H]1O[C@](F)(COP(=O)(O)OP(=O)(O)O)[C@@H](O)[C@H]1O.[2H]C([2H])(OP(=O)(O)OP(=O)(O)O)[C@@]1(F)O[C@@H](n2ccc(=S)[nH]c2=O)[C@H](O)[C@@H]1O.[2H]C([2H])(OP(=O)(O)OP(=O)(O)O)[C@@]1(F)O[C@@]([2H])(n2ccc(=S)[nH]c2=O)[C@H](O)[C@@H]1O.[2H][C@@]1(n2ccc(=S)[nH]c2=O)O[C@](F)(COP(=O)(O)OP(=O)(O)O)[C@@H](O)[C@H]1O. The maximum Gasteiger partial charge on any atom is 0.481 e. The van der Waals surface area contributed by atoms with Crippen LogP contribution in [0.2, 0.25) is 0 Å². The van der Waals surface area contributed by atoms with Crippen LogP contribution in [-0.4, -0.2) is 236 Å². The van der Waals surface area contributed by atoms with Crippen LogP contribution in [-0.2, 0) is 90.8 Å². The molecular weight excluding hydrogens is 1700 g/mol. The summed E-state index contributed by atoms with van der Waals surface area (Å²) in [6, 6.07) is 4.44. The molecule has 52 nitrogen and oxygen atoms in total. The third kappa shape index (κ3) is 25.4. The molecular formula is C36H52F4N8O44P8S4. The highest BCUT2D eigenvalue weighted by molar-refractivity contribution is 7.72. The molecule has 4 saturated heterocycles. The molecule has 0 spiro atoms. The van der Waals surface area contributed by atoms with Crippen molar-refractivity contribution in [3.8, 4) is 0 Å². The Balaban J connectivity index is 0.000000263. The van der Waals surface area contributed by atoms with E-state index in [4.69, 9.17) is 74.1 Å². The lowest BCUT2D eigenvalue weighted by Gasteiger charge is -2.23. The van der Waals surface area contributed by atoms with E-state index in [1.807, 2.05) is 4.98 Å². The fraction of sp³-hybridized carbons (Fsp3) is 0.556. The van der Waals surface area contributed by atoms with E-state index >= 15 is 8.78 Å². The quantitative estimate of drug-likeness (QED) is 0.0182. The van der Waals surface area contributed by atoms with E-state index in [0.717, 1.165) is 43.0 Å². The number of alkyl halides is 4. The third-order valence-corrected chi connectivity index (χ3v) is 21.0. The van der Waals surface area contributed by atoms with Gasteiger partial charge in [0.1, 0.15) is 93.7 Å². The van der Waals surface area contributed by atoms with Crippen LogP contribution in [0.4, 0.5) is 17.6 Å². The van der Waals surface area contributed by atoms with Gasteiger partial charge < -0.3 is 119 Å². The van der Waals surface area contributed by atoms with Gasteiger partial charge in [-0.05, 0) is 24.3 Å². The molecule has 0 radical (unpaired) electrons. The molecule has 4 fully saturated rings. The second-order valence-electron chi connectivity index (χ2n) is 19.5. The number of H-pyrrole nitrogens is 4. The van der Waals surface area contributed by atoms with Gasteiger partial charge >= 0.3 is 85.3 Å². The number of aliphatic hydroxyl groups excluding tert-OH is 8. The fourth-order valence-corrected chi connectivity index (χ4v) is 14.3. The van der Waals surface area contributed by atoms with Crippen molar-refractivity contribution in [3.63, 3.8) is 0 Å². The predicted octanol–water partition coefficient (Wildman–Crippen LogP) is -3.81. The van der Waals surface area contributed by atoms with E-state index in [0.29, 0.717) is 13.7 Å². The van der Waals surface area contributed by atoms with E-state index in [1.165, 1.54) is 6.07 Å². The number of hydrogen-bond acceptors (Lipinski definition) is 36. The van der Waals surface area contributed by atoms with E-state index in [2.05, 4.69) is 101 Å². The Kier molecular flexibility index (Phi) is 26.8. The molecule has 24 N–H and O–H groups in total. The van der Waals surface area contributed by atoms with Crippen molar-refractivity contribution in [3.05, 3.63) is 110 Å². The first-order valence-electron chi connectivity index (χ1n) is 28.5. The van der Waals surface area contributed by atoms with Crippen molar-refractivity contribution in [2.75, 3.05) is 26.3 Å². The van der Waals surface area contributed by atoms with E-state index in [1.54, 1.807) is 0 Å². The van der Waals surface area contributed by atoms with Crippen molar-refractivity contribution in [2.45, 2.75) is 97.1 Å². The van der Waals surface area contributed by atoms with Crippen LogP contribution in [0.1, 0.15) is 33.1 Å². The largest absolute Gasteiger partial charge is 0.481 e. The summed E-state index contributed by atoms with van der Waals surface area (Å²) in [5.74, 6) is -15.2. The summed E-state index contributed by atoms with van der Waals surface area (Å²) >= 11 is 18.7. The summed E-state index contributed by atoms with van der Waals surface area (Å²) in [4.78, 5) is 160. The van der Waals surface area contributed by atoms with Crippen molar-refractivity contribution in [1.82, 2.24) is 38.2 Å². The van der Waals surface area contributed by atoms with Gasteiger partial charge in [-0.25, -0.2) is 73.3 Å². The molecule has 0 aromatic carbocycles. The van der Waals surface area contributed by atoms with E-state index in [9.17, 15) is 115 Å². The monoisotopic (exact) mass is 1760 g/mol. The number of rotatable bonds is 24. The molecule has 0 saturated carbocycles. The van der Waals surface area contributed by atoms with Gasteiger partial charge in [0.25, 0.3) is 23.4 Å². The van der Waals surface area contributed by atoms with Gasteiger partial charge in [0.2, 0.25) is 0 Å². The molecule has 4 aromatic rings. The lowest BCUT2D eigenvalue weighted by Crippen LogP contribution is -2.42. The van der Waals surface area contributed by atoms with Crippen LogP contribution in [0.25, 0.3) is 0 Å². The number of phosphoric ester groups is 4. The van der Waals surface area contributed by atoms with Crippen LogP contribution < -0.4 is 22.8 Å². The lowest BCUT2D eigenvalue weighted by atomic mass is 10.1. The van der Waals surface area contributed by atoms with Crippen LogP contribution >= 0.6 is 111 Å². The second kappa shape index (κ2) is 34.1. The minimum atomic E-state index is -6.01. The van der Waals surface area contributed by atoms with Gasteiger partial charge in [-0.2, -0.15) is 17.2 Å². The average molecular weight is 1760 g/mol. The Morgan fingerprint density at radius 2 is 0.615 bits per heavy atom. The summed E-state index contributed by atoms with van der Waals surface area (Å²) in [7, 11) is -45.2. The number of ether oxygens (including phenoxy) is 4. The smallest absolute Gasteiger partial charge is 0.385 e. The molecule has 4 unspecified atom stereocenters. The standard InChI is InChI=1S/4C9H13FN2O11P2S/c4*10-9(3-21-25(19,20)23-24(16,17)18)6(14)5(13)7(22-9)12-2-1-4(26)11-8(12)15/h4*1-2,5-7,13-14H,3H2,(H,19,20)(H,11,15,26)(H2,16,17,18)/t4*5-,6+,7-,9-/m1111/s1/i3D2,7D;7D;3D2;. The van der Waals surface area contributed by atoms with Crippen molar-refractivity contribution < 1.29 is 216 Å². The minimum Gasteiger partial charge on any atom is -0.385 e. The Hall–Kier alpha value is -3.32. The molecule has 4 aliphatic rings. The zero-order valence-corrected chi connectivity index (χ0v) is 59.5. The van der Waals surface area contributed by atoms with Crippen molar-refractivity contribution in [2.24, 2.45) is 0 Å². The molecule has 20 atom stereocenters. The lowest BCUT2D eigenvalue weighted by molar-refractivity contribution is -0.205. The molecule has 592 valence electrons. The Morgan fingerprint density at radius 1 is 0.394 bits per heavy atom. The number of nitrogens with zero attached hydrogens (tertiary/aromatic N) is 4. The highest BCUT2D eigenvalue weighted by Crippen LogP contribution is 2.62. The highest BCUT2D eigenvalue weighted by atomic mass is 32.1. The Bertz CT molecular complexity index is 5020. The molecule has 4 aliphatic heterocycles. The van der Waals surface area contributed by atoms with Gasteiger partial charge in [-0.1, -0.05) is 48.9 Å². The third-order valence-electron chi connectivity index (χ3n) is 11.8. The normalized spacial score (nSPS) is 34.2. The molecule has 4 aromatic heterocycles. The molecule has 0 bridgehead atoms. The average Bonchev–Trinajstić information content (AvgIpc) is 1.56. The summed E-state index contributed by atoms with van der Waals surface area (Å²) in [6.07, 6.45) is -26.5. The number of aliphatic hydroxyl groups is 8. The van der Waals surface area contributed by atoms with Crippen LogP contribution in [0, 0.1) is 18.6 Å². The highest BCUT2D eigenvalue weighted by Gasteiger charge is 2.61. The number of aromatic amines is 4. The van der Waals surface area contributed by atoms with Crippen molar-refractivity contribution in [1.29, 1.82) is 0 Å². The van der Waals surface area contributed by atoms with Crippen molar-refractivity contribution >= 4 is 111 Å². The molecule has 68 heteroatoms. The molecule has 0 amide bonds. The van der Waals surface area contributed by atoms with Crippen LogP contribution in [0.5, 0.6) is 0 Å². The summed E-state index contributed by atoms with van der Waals surface area (Å²) < 4.78 is 243. The number of hydrogen-bond donors (Lipinski definition) is 24. The van der Waals surface area contributed by atoms with Gasteiger partial charge in [-0.15, -0.1) is 0 Å². The van der Waals surface area contributed by atoms with Gasteiger partial charge in [0, 0.05) is 24.8 Å². The number of phosphoric acid groups is 8. The first kappa shape index (κ1) is 81.7. The minimum absolute atomic E-state index is 0.0323. The predicted molar refractivity (Wildman–Crippen MR) is 323 cm³/mol. The number of halogens is 4. The summed E-state index contributed by atoms with van der Waals surface area (Å²) in [5.41, 5.74) is -4.28. The summed E-state index contributed by atoms with van der Waals surface area (Å²) in [6.45, 7) is -11.6. The first-order chi connectivity index (χ1) is 49.2. The molecule has 8 rings (SSSR count). The Labute approximate surface area is 596 Å². The maximum atomic E-state index is 15.2. The van der Waals surface area contributed by atoms with Crippen LogP contribution in [0.15, 0.2) is 68.2 Å². The maximum absolute atomic E-state index is 15.2. The molecule has 8 heterocycles. The Morgan fingerprint density at radius 3 is 0.904 bits per heavy atom. The van der Waals surface area contributed by atoms with E-state index in [-0.39, 0.29) is 23.1 Å². The summed E-state index contributed by atoms with van der Waals surface area (Å²) in [5, 5.41) is 79.3.